The van der Waals surface area contributed by atoms with Crippen LogP contribution in [0.2, 0.25) is 0 Å². The summed E-state index contributed by atoms with van der Waals surface area (Å²) in [6.45, 7) is 4.18. The minimum atomic E-state index is -2.01. The van der Waals surface area contributed by atoms with Crippen molar-refractivity contribution in [2.24, 2.45) is 0 Å². The number of aliphatic hydroxyl groups is 2. The Bertz CT molecular complexity index is 330. The van der Waals surface area contributed by atoms with Crippen molar-refractivity contribution in [1.29, 1.82) is 0 Å². The van der Waals surface area contributed by atoms with E-state index in [1.54, 1.807) is 0 Å². The molecule has 0 radical (unpaired) electrons. The molecule has 2 amide bonds. The summed E-state index contributed by atoms with van der Waals surface area (Å²) in [7, 11) is 0. The molecule has 0 aromatic heterocycles. The lowest BCUT2D eigenvalue weighted by molar-refractivity contribution is -0.171. The molecule has 0 fully saturated rings. The fraction of sp³-hybridized carbons (Fsp3) is 0.867. The highest BCUT2D eigenvalue weighted by molar-refractivity contribution is 5.67. The molecule has 0 saturated carbocycles. The van der Waals surface area contributed by atoms with Gasteiger partial charge >= 0.3 is 12.2 Å². The summed E-state index contributed by atoms with van der Waals surface area (Å²) in [5.41, 5.74) is 0. The molecule has 0 aliphatic rings. The maximum Gasteiger partial charge on any atom is 0.407 e. The summed E-state index contributed by atoms with van der Waals surface area (Å²) >= 11 is 0. The first-order valence-corrected chi connectivity index (χ1v) is 8.11. The molecular weight excluding hydrogens is 304 g/mol. The van der Waals surface area contributed by atoms with E-state index in [4.69, 9.17) is 14.9 Å². The van der Waals surface area contributed by atoms with E-state index in [1.807, 2.05) is 6.92 Å². The maximum absolute atomic E-state index is 11.2. The van der Waals surface area contributed by atoms with E-state index in [-0.39, 0.29) is 6.09 Å². The Morgan fingerprint density at radius 2 is 1.43 bits per heavy atom. The Labute approximate surface area is 137 Å². The number of hydrogen-bond donors (Lipinski definition) is 4. The lowest BCUT2D eigenvalue weighted by Gasteiger charge is -2.15. The third-order valence-corrected chi connectivity index (χ3v) is 2.85. The largest absolute Gasteiger partial charge is 0.450 e. The van der Waals surface area contributed by atoms with Crippen molar-refractivity contribution in [2.75, 3.05) is 26.3 Å². The minimum Gasteiger partial charge on any atom is -0.450 e. The highest BCUT2D eigenvalue weighted by Gasteiger charge is 2.17. The van der Waals surface area contributed by atoms with Crippen LogP contribution in [0.1, 0.15) is 52.4 Å². The molecule has 0 bridgehead atoms. The van der Waals surface area contributed by atoms with Crippen molar-refractivity contribution >= 4 is 12.2 Å². The van der Waals surface area contributed by atoms with E-state index in [1.165, 1.54) is 0 Å². The van der Waals surface area contributed by atoms with Crippen LogP contribution in [0, 0.1) is 0 Å². The molecule has 0 heterocycles. The molecule has 0 atom stereocenters. The zero-order chi connectivity index (χ0) is 17.6. The van der Waals surface area contributed by atoms with Crippen molar-refractivity contribution in [1.82, 2.24) is 10.6 Å². The molecule has 8 nitrogen and oxygen atoms in total. The highest BCUT2D eigenvalue weighted by atomic mass is 16.6. The first kappa shape index (κ1) is 21.5. The summed E-state index contributed by atoms with van der Waals surface area (Å²) < 4.78 is 9.56. The standard InChI is InChI=1S/C15H30N2O6/c1-3-4-11-22-13(18)16-9-7-5-6-8-10-17-14(19)23-12-15(2,20)21/h20-21H,3-12H2,1-2H3,(H,16,18)(H,17,19). The Morgan fingerprint density at radius 3 is 1.91 bits per heavy atom. The van der Waals surface area contributed by atoms with Gasteiger partial charge in [-0.1, -0.05) is 26.2 Å². The van der Waals surface area contributed by atoms with Gasteiger partial charge in [-0.25, -0.2) is 9.59 Å². The third kappa shape index (κ3) is 16.7. The third-order valence-electron chi connectivity index (χ3n) is 2.85. The Balaban J connectivity index is 3.33. The molecule has 0 aromatic rings. The molecule has 0 rings (SSSR count). The van der Waals surface area contributed by atoms with Crippen LogP contribution in [-0.2, 0) is 9.47 Å². The van der Waals surface area contributed by atoms with Gasteiger partial charge in [0.2, 0.25) is 0 Å². The van der Waals surface area contributed by atoms with E-state index in [9.17, 15) is 9.59 Å². The molecule has 4 N–H and O–H groups in total. The van der Waals surface area contributed by atoms with E-state index >= 15 is 0 Å². The average molecular weight is 334 g/mol. The SMILES string of the molecule is CCCCOC(=O)NCCCCCCNC(=O)OCC(C)(O)O. The van der Waals surface area contributed by atoms with Gasteiger partial charge in [-0.3, -0.25) is 0 Å². The molecule has 0 saturated heterocycles. The van der Waals surface area contributed by atoms with Crippen LogP contribution >= 0.6 is 0 Å². The molecule has 0 spiro atoms. The number of hydrogen-bond acceptors (Lipinski definition) is 6. The highest BCUT2D eigenvalue weighted by Crippen LogP contribution is 1.99. The van der Waals surface area contributed by atoms with E-state index in [2.05, 4.69) is 15.4 Å². The van der Waals surface area contributed by atoms with Gasteiger partial charge in [-0.15, -0.1) is 0 Å². The summed E-state index contributed by atoms with van der Waals surface area (Å²) in [6, 6.07) is 0. The van der Waals surface area contributed by atoms with E-state index in [0.29, 0.717) is 19.7 Å². The van der Waals surface area contributed by atoms with Gasteiger partial charge in [0.05, 0.1) is 6.61 Å². The quantitative estimate of drug-likeness (QED) is 0.317. The molecule has 0 unspecified atom stereocenters. The van der Waals surface area contributed by atoms with E-state index < -0.39 is 18.5 Å². The fourth-order valence-corrected chi connectivity index (χ4v) is 1.60. The predicted molar refractivity (Wildman–Crippen MR) is 84.9 cm³/mol. The molecule has 0 aliphatic carbocycles. The fourth-order valence-electron chi connectivity index (χ4n) is 1.60. The number of ether oxygens (including phenoxy) is 2. The van der Waals surface area contributed by atoms with Crippen LogP contribution in [0.4, 0.5) is 9.59 Å². The van der Waals surface area contributed by atoms with E-state index in [0.717, 1.165) is 45.4 Å². The average Bonchev–Trinajstić information content (AvgIpc) is 2.47. The number of nitrogens with one attached hydrogen (secondary N) is 2. The summed E-state index contributed by atoms with van der Waals surface area (Å²) in [4.78, 5) is 22.4. The topological polar surface area (TPSA) is 117 Å². The van der Waals surface area contributed by atoms with Crippen LogP contribution in [0.5, 0.6) is 0 Å². The second-order valence-electron chi connectivity index (χ2n) is 5.55. The first-order valence-electron chi connectivity index (χ1n) is 8.11. The maximum atomic E-state index is 11.2. The van der Waals surface area contributed by atoms with Crippen LogP contribution < -0.4 is 10.6 Å². The second-order valence-corrected chi connectivity index (χ2v) is 5.55. The number of unbranched alkanes of at least 4 members (excludes halogenated alkanes) is 4. The van der Waals surface area contributed by atoms with Crippen LogP contribution in [0.25, 0.3) is 0 Å². The summed E-state index contributed by atoms with van der Waals surface area (Å²) in [5.74, 6) is -2.01. The minimum absolute atomic E-state index is 0.373. The first-order chi connectivity index (χ1) is 10.8. The van der Waals surface area contributed by atoms with Gasteiger partial charge in [-0.05, 0) is 26.2 Å². The van der Waals surface area contributed by atoms with Crippen molar-refractivity contribution in [3.05, 3.63) is 0 Å². The molecular formula is C15H30N2O6. The van der Waals surface area contributed by atoms with Gasteiger partial charge in [-0.2, -0.15) is 0 Å². The van der Waals surface area contributed by atoms with Gasteiger partial charge < -0.3 is 30.3 Å². The zero-order valence-corrected chi connectivity index (χ0v) is 14.1. The molecule has 0 aliphatic heterocycles. The van der Waals surface area contributed by atoms with Crippen LogP contribution in [-0.4, -0.2) is 54.5 Å². The van der Waals surface area contributed by atoms with Crippen molar-refractivity contribution < 1.29 is 29.3 Å². The van der Waals surface area contributed by atoms with Crippen molar-refractivity contribution in [3.8, 4) is 0 Å². The predicted octanol–water partition coefficient (Wildman–Crippen LogP) is 1.50. The van der Waals surface area contributed by atoms with Gasteiger partial charge in [0.25, 0.3) is 0 Å². The smallest absolute Gasteiger partial charge is 0.407 e. The van der Waals surface area contributed by atoms with Crippen molar-refractivity contribution in [3.63, 3.8) is 0 Å². The normalized spacial score (nSPS) is 11.0. The number of rotatable bonds is 12. The van der Waals surface area contributed by atoms with Gasteiger partial charge in [0.1, 0.15) is 6.61 Å². The number of carbonyl (C=O) groups is 2. The number of carbonyl (C=O) groups excluding carboxylic acids is 2. The lowest BCUT2D eigenvalue weighted by atomic mass is 10.2. The Kier molecular flexibility index (Phi) is 12.1. The number of amides is 2. The van der Waals surface area contributed by atoms with Crippen molar-refractivity contribution in [2.45, 2.75) is 58.2 Å². The Hall–Kier alpha value is -1.54. The summed E-state index contributed by atoms with van der Waals surface area (Å²) in [5, 5.41) is 23.1. The summed E-state index contributed by atoms with van der Waals surface area (Å²) in [6.07, 6.45) is 4.29. The van der Waals surface area contributed by atoms with Crippen LogP contribution in [0.3, 0.4) is 0 Å². The molecule has 0 aromatic carbocycles. The van der Waals surface area contributed by atoms with Crippen LogP contribution in [0.15, 0.2) is 0 Å². The van der Waals surface area contributed by atoms with Gasteiger partial charge in [0.15, 0.2) is 5.79 Å². The number of alkyl carbamates (subject to hydrolysis) is 2. The molecule has 8 heteroatoms. The molecule has 23 heavy (non-hydrogen) atoms. The molecule has 136 valence electrons. The Morgan fingerprint density at radius 1 is 0.913 bits per heavy atom. The lowest BCUT2D eigenvalue weighted by Crippen LogP contribution is -2.35. The van der Waals surface area contributed by atoms with Gasteiger partial charge in [0, 0.05) is 13.1 Å². The zero-order valence-electron chi connectivity index (χ0n) is 14.1. The monoisotopic (exact) mass is 334 g/mol. The second kappa shape index (κ2) is 13.0.